The highest BCUT2D eigenvalue weighted by Gasteiger charge is 2.22. The third-order valence-corrected chi connectivity index (χ3v) is 4.18. The Hall–Kier alpha value is -0.880. The van der Waals surface area contributed by atoms with Crippen molar-refractivity contribution in [2.75, 3.05) is 31.5 Å². The molecule has 1 amide bonds. The molecule has 1 aromatic carbocycles. The monoisotopic (exact) mass is 363 g/mol. The minimum atomic E-state index is -0.484. The summed E-state index contributed by atoms with van der Waals surface area (Å²) in [5.74, 6) is -0.573. The lowest BCUT2D eigenvalue weighted by molar-refractivity contribution is -0.118. The number of carbonyl (C=O) groups excluding carboxylic acids is 1. The molecule has 2 rings (SSSR count). The smallest absolute Gasteiger partial charge is 0.238 e. The van der Waals surface area contributed by atoms with E-state index in [1.807, 2.05) is 0 Å². The molecule has 4 nitrogen and oxygen atoms in total. The molecule has 7 heteroatoms. The van der Waals surface area contributed by atoms with Crippen molar-refractivity contribution in [3.8, 4) is 0 Å². The van der Waals surface area contributed by atoms with E-state index in [0.717, 1.165) is 38.9 Å². The topological polar surface area (TPSA) is 44.4 Å². The predicted molar refractivity (Wildman–Crippen MR) is 95.0 cm³/mol. The molecule has 0 bridgehead atoms. The molecule has 0 unspecified atom stereocenters. The van der Waals surface area contributed by atoms with Gasteiger partial charge in [0.2, 0.25) is 5.91 Å². The highest BCUT2D eigenvalue weighted by atomic mass is 35.5. The number of rotatable bonds is 6. The lowest BCUT2D eigenvalue weighted by atomic mass is 10.0. The van der Waals surface area contributed by atoms with Crippen LogP contribution in [0.2, 0.25) is 5.02 Å². The van der Waals surface area contributed by atoms with Crippen molar-refractivity contribution in [3.63, 3.8) is 0 Å². The Morgan fingerprint density at radius 3 is 2.74 bits per heavy atom. The Morgan fingerprint density at radius 2 is 2.13 bits per heavy atom. The molecule has 1 aromatic rings. The van der Waals surface area contributed by atoms with E-state index in [4.69, 9.17) is 11.6 Å². The van der Waals surface area contributed by atoms with Crippen LogP contribution < -0.4 is 10.6 Å². The van der Waals surface area contributed by atoms with Crippen LogP contribution >= 0.6 is 24.0 Å². The van der Waals surface area contributed by atoms with E-state index < -0.39 is 5.82 Å². The van der Waals surface area contributed by atoms with Crippen molar-refractivity contribution in [2.45, 2.75) is 32.2 Å². The third kappa shape index (κ3) is 6.26. The Bertz CT molecular complexity index is 510. The van der Waals surface area contributed by atoms with Crippen LogP contribution in [0.5, 0.6) is 0 Å². The summed E-state index contributed by atoms with van der Waals surface area (Å²) in [5, 5.41) is 6.14. The molecule has 0 atom stereocenters. The van der Waals surface area contributed by atoms with E-state index in [1.165, 1.54) is 18.2 Å². The maximum atomic E-state index is 13.1. The van der Waals surface area contributed by atoms with Gasteiger partial charge in [0.15, 0.2) is 0 Å². The first-order valence-electron chi connectivity index (χ1n) is 7.80. The molecule has 0 radical (unpaired) electrons. The van der Waals surface area contributed by atoms with E-state index in [-0.39, 0.29) is 23.3 Å². The third-order valence-electron chi connectivity index (χ3n) is 3.89. The molecule has 1 fully saturated rings. The van der Waals surface area contributed by atoms with Crippen LogP contribution in [0.1, 0.15) is 26.2 Å². The van der Waals surface area contributed by atoms with Gasteiger partial charge in [-0.2, -0.15) is 0 Å². The van der Waals surface area contributed by atoms with Gasteiger partial charge in [-0.1, -0.05) is 18.5 Å². The fraction of sp³-hybridized carbons (Fsp3) is 0.562. The lowest BCUT2D eigenvalue weighted by Gasteiger charge is -2.34. The van der Waals surface area contributed by atoms with Gasteiger partial charge < -0.3 is 10.6 Å². The second-order valence-electron chi connectivity index (χ2n) is 5.63. The molecule has 0 aromatic heterocycles. The number of halogens is 3. The molecular weight excluding hydrogens is 340 g/mol. The molecule has 23 heavy (non-hydrogen) atoms. The van der Waals surface area contributed by atoms with Gasteiger partial charge in [-0.05, 0) is 57.1 Å². The lowest BCUT2D eigenvalue weighted by Crippen LogP contribution is -2.46. The maximum absolute atomic E-state index is 13.1. The molecule has 130 valence electrons. The number of nitrogens with zero attached hydrogens (tertiary/aromatic N) is 1. The van der Waals surface area contributed by atoms with Gasteiger partial charge in [0.1, 0.15) is 5.82 Å². The molecule has 0 saturated carbocycles. The molecule has 1 saturated heterocycles. The molecule has 2 N–H and O–H groups in total. The summed E-state index contributed by atoms with van der Waals surface area (Å²) in [6.45, 7) is 5.38. The average molecular weight is 364 g/mol. The zero-order chi connectivity index (χ0) is 15.9. The largest absolute Gasteiger partial charge is 0.325 e. The molecule has 0 aliphatic carbocycles. The summed E-state index contributed by atoms with van der Waals surface area (Å²) in [5.41, 5.74) is 0.526. The Kier molecular flexibility index (Phi) is 8.84. The van der Waals surface area contributed by atoms with Gasteiger partial charge in [-0.25, -0.2) is 4.39 Å². The van der Waals surface area contributed by atoms with Crippen LogP contribution in [0, 0.1) is 5.82 Å². The number of benzene rings is 1. The standard InChI is InChI=1S/C16H23ClFN3O.ClH/c1-2-9-21(13-5-7-19-8-6-13)11-16(22)20-12-3-4-15(18)14(17)10-12;/h3-4,10,13,19H,2,5-9,11H2,1H3,(H,20,22);1H. The van der Waals surface area contributed by atoms with Crippen molar-refractivity contribution < 1.29 is 9.18 Å². The number of anilines is 1. The number of hydrogen-bond acceptors (Lipinski definition) is 3. The second kappa shape index (κ2) is 10.1. The number of carbonyl (C=O) groups is 1. The molecule has 0 spiro atoms. The number of hydrogen-bond donors (Lipinski definition) is 2. The van der Waals surface area contributed by atoms with Gasteiger partial charge in [-0.3, -0.25) is 9.69 Å². The quantitative estimate of drug-likeness (QED) is 0.814. The van der Waals surface area contributed by atoms with E-state index in [0.29, 0.717) is 18.3 Å². The van der Waals surface area contributed by atoms with Crippen molar-refractivity contribution in [2.24, 2.45) is 0 Å². The van der Waals surface area contributed by atoms with Crippen LogP contribution in [0.25, 0.3) is 0 Å². The van der Waals surface area contributed by atoms with Crippen molar-refractivity contribution in [1.82, 2.24) is 10.2 Å². The maximum Gasteiger partial charge on any atom is 0.238 e. The van der Waals surface area contributed by atoms with Gasteiger partial charge in [0.05, 0.1) is 11.6 Å². The average Bonchev–Trinajstić information content (AvgIpc) is 2.51. The normalized spacial score (nSPS) is 15.3. The number of amides is 1. The van der Waals surface area contributed by atoms with Gasteiger partial charge >= 0.3 is 0 Å². The van der Waals surface area contributed by atoms with E-state index in [1.54, 1.807) is 0 Å². The summed E-state index contributed by atoms with van der Waals surface area (Å²) < 4.78 is 13.1. The minimum Gasteiger partial charge on any atom is -0.325 e. The van der Waals surface area contributed by atoms with E-state index >= 15 is 0 Å². The second-order valence-corrected chi connectivity index (χ2v) is 6.04. The van der Waals surface area contributed by atoms with Crippen LogP contribution in [-0.2, 0) is 4.79 Å². The van der Waals surface area contributed by atoms with Crippen molar-refractivity contribution in [1.29, 1.82) is 0 Å². The molecule has 1 aliphatic heterocycles. The van der Waals surface area contributed by atoms with E-state index in [9.17, 15) is 9.18 Å². The number of nitrogens with one attached hydrogen (secondary N) is 2. The molecular formula is C16H24Cl2FN3O. The van der Waals surface area contributed by atoms with Crippen LogP contribution in [0.3, 0.4) is 0 Å². The van der Waals surface area contributed by atoms with Crippen molar-refractivity contribution in [3.05, 3.63) is 29.0 Å². The summed E-state index contributed by atoms with van der Waals surface area (Å²) in [6, 6.07) is 4.66. The molecule has 1 aliphatic rings. The number of piperidine rings is 1. The Labute approximate surface area is 148 Å². The van der Waals surface area contributed by atoms with Crippen molar-refractivity contribution >= 4 is 35.6 Å². The fourth-order valence-corrected chi connectivity index (χ4v) is 2.99. The zero-order valence-corrected chi connectivity index (χ0v) is 14.9. The van der Waals surface area contributed by atoms with Gasteiger partial charge in [0, 0.05) is 11.7 Å². The first-order chi connectivity index (χ1) is 10.6. The first kappa shape index (κ1) is 20.2. The van der Waals surface area contributed by atoms with Gasteiger partial charge in [-0.15, -0.1) is 12.4 Å². The van der Waals surface area contributed by atoms with Crippen LogP contribution in [0.4, 0.5) is 10.1 Å². The summed E-state index contributed by atoms with van der Waals surface area (Å²) in [4.78, 5) is 14.5. The first-order valence-corrected chi connectivity index (χ1v) is 8.17. The summed E-state index contributed by atoms with van der Waals surface area (Å²) in [6.07, 6.45) is 3.14. The predicted octanol–water partition coefficient (Wildman–Crippen LogP) is 3.30. The van der Waals surface area contributed by atoms with Crippen LogP contribution in [0.15, 0.2) is 18.2 Å². The Balaban J connectivity index is 0.00000264. The highest BCUT2D eigenvalue weighted by Crippen LogP contribution is 2.19. The van der Waals surface area contributed by atoms with Crippen LogP contribution in [-0.4, -0.2) is 43.0 Å². The Morgan fingerprint density at radius 1 is 1.43 bits per heavy atom. The highest BCUT2D eigenvalue weighted by molar-refractivity contribution is 6.31. The fourth-order valence-electron chi connectivity index (χ4n) is 2.81. The minimum absolute atomic E-state index is 0. The van der Waals surface area contributed by atoms with E-state index in [2.05, 4.69) is 22.5 Å². The molecule has 1 heterocycles. The van der Waals surface area contributed by atoms with Gasteiger partial charge in [0.25, 0.3) is 0 Å². The summed E-state index contributed by atoms with van der Waals surface area (Å²) in [7, 11) is 0. The zero-order valence-electron chi connectivity index (χ0n) is 13.3. The SMILES string of the molecule is CCCN(CC(=O)Nc1ccc(F)c(Cl)c1)C1CCNCC1.Cl. The summed E-state index contributed by atoms with van der Waals surface area (Å²) >= 11 is 5.73.